The molecule has 2 aromatic carbocycles. The maximum atomic E-state index is 9.04. The fourth-order valence-corrected chi connectivity index (χ4v) is 2.61. The maximum Gasteiger partial charge on any atom is 0.0730 e. The summed E-state index contributed by atoms with van der Waals surface area (Å²) in [5.41, 5.74) is 3.51. The molecule has 0 unspecified atom stereocenters. The number of rotatable bonds is 4. The molecule has 22 heavy (non-hydrogen) atoms. The summed E-state index contributed by atoms with van der Waals surface area (Å²) in [6.45, 7) is 0.549. The first-order valence-electron chi connectivity index (χ1n) is 6.89. The van der Waals surface area contributed by atoms with Gasteiger partial charge in [-0.3, -0.25) is 0 Å². The van der Waals surface area contributed by atoms with Gasteiger partial charge in [-0.25, -0.2) is 4.98 Å². The SMILES string of the molecule is OCCNc1cc(-c2ccc(Cl)c(Cl)c2)nc2ccccc12. The first kappa shape index (κ1) is 15.1. The van der Waals surface area contributed by atoms with Crippen LogP contribution in [-0.4, -0.2) is 23.2 Å². The van der Waals surface area contributed by atoms with Crippen molar-refractivity contribution < 1.29 is 5.11 Å². The van der Waals surface area contributed by atoms with E-state index in [4.69, 9.17) is 28.3 Å². The van der Waals surface area contributed by atoms with Gasteiger partial charge in [0.15, 0.2) is 0 Å². The summed E-state index contributed by atoms with van der Waals surface area (Å²) in [6.07, 6.45) is 0. The van der Waals surface area contributed by atoms with Crippen LogP contribution in [0.5, 0.6) is 0 Å². The number of anilines is 1. The lowest BCUT2D eigenvalue weighted by atomic mass is 10.1. The molecule has 5 heteroatoms. The van der Waals surface area contributed by atoms with Crippen molar-refractivity contribution in [2.75, 3.05) is 18.5 Å². The molecule has 0 aliphatic rings. The molecule has 0 radical (unpaired) electrons. The highest BCUT2D eigenvalue weighted by atomic mass is 35.5. The van der Waals surface area contributed by atoms with Gasteiger partial charge in [-0.05, 0) is 24.3 Å². The van der Waals surface area contributed by atoms with Crippen LogP contribution in [0.2, 0.25) is 10.0 Å². The second kappa shape index (κ2) is 6.53. The van der Waals surface area contributed by atoms with Gasteiger partial charge in [0.1, 0.15) is 0 Å². The third kappa shape index (κ3) is 3.02. The summed E-state index contributed by atoms with van der Waals surface area (Å²) in [5, 5.41) is 14.3. The monoisotopic (exact) mass is 332 g/mol. The molecule has 0 fully saturated rings. The quantitative estimate of drug-likeness (QED) is 0.733. The number of benzene rings is 2. The lowest BCUT2D eigenvalue weighted by molar-refractivity contribution is 0.311. The van der Waals surface area contributed by atoms with E-state index < -0.39 is 0 Å². The number of hydrogen-bond acceptors (Lipinski definition) is 3. The molecule has 0 amide bonds. The molecule has 3 rings (SSSR count). The molecule has 3 aromatic rings. The number of fused-ring (bicyclic) bond motifs is 1. The van der Waals surface area contributed by atoms with Gasteiger partial charge in [0.2, 0.25) is 0 Å². The van der Waals surface area contributed by atoms with E-state index in [-0.39, 0.29) is 6.61 Å². The van der Waals surface area contributed by atoms with Crippen LogP contribution in [-0.2, 0) is 0 Å². The lowest BCUT2D eigenvalue weighted by Crippen LogP contribution is -2.06. The zero-order valence-corrected chi connectivity index (χ0v) is 13.2. The molecule has 1 heterocycles. The van der Waals surface area contributed by atoms with Gasteiger partial charge in [-0.1, -0.05) is 47.5 Å². The number of nitrogens with zero attached hydrogens (tertiary/aromatic N) is 1. The van der Waals surface area contributed by atoms with Gasteiger partial charge in [-0.2, -0.15) is 0 Å². The average Bonchev–Trinajstić information content (AvgIpc) is 2.55. The van der Waals surface area contributed by atoms with Gasteiger partial charge in [-0.15, -0.1) is 0 Å². The Morgan fingerprint density at radius 1 is 1.00 bits per heavy atom. The molecule has 0 bridgehead atoms. The minimum absolute atomic E-state index is 0.0682. The highest BCUT2D eigenvalue weighted by Gasteiger charge is 2.08. The van der Waals surface area contributed by atoms with Crippen molar-refractivity contribution in [3.8, 4) is 11.3 Å². The number of aliphatic hydroxyl groups excluding tert-OH is 1. The van der Waals surface area contributed by atoms with Gasteiger partial charge >= 0.3 is 0 Å². The molecular formula is C17H14Cl2N2O. The predicted molar refractivity (Wildman–Crippen MR) is 92.8 cm³/mol. The number of hydrogen-bond donors (Lipinski definition) is 2. The van der Waals surface area contributed by atoms with E-state index in [1.807, 2.05) is 36.4 Å². The Morgan fingerprint density at radius 2 is 1.82 bits per heavy atom. The van der Waals surface area contributed by atoms with Crippen molar-refractivity contribution >= 4 is 39.8 Å². The number of halogens is 2. The number of nitrogens with one attached hydrogen (secondary N) is 1. The standard InChI is InChI=1S/C17H14Cl2N2O/c18-13-6-5-11(9-14(13)19)16-10-17(20-7-8-22)12-3-1-2-4-15(12)21-16/h1-6,9-10,22H,7-8H2,(H,20,21). The highest BCUT2D eigenvalue weighted by molar-refractivity contribution is 6.42. The minimum Gasteiger partial charge on any atom is -0.395 e. The average molecular weight is 333 g/mol. The Morgan fingerprint density at radius 3 is 2.59 bits per heavy atom. The lowest BCUT2D eigenvalue weighted by Gasteiger charge is -2.11. The Bertz CT molecular complexity index is 821. The Kier molecular flexibility index (Phi) is 4.48. The van der Waals surface area contributed by atoms with Crippen molar-refractivity contribution in [3.05, 3.63) is 58.6 Å². The van der Waals surface area contributed by atoms with E-state index in [0.717, 1.165) is 27.8 Å². The second-order valence-corrected chi connectivity index (χ2v) is 5.67. The fourth-order valence-electron chi connectivity index (χ4n) is 2.32. The summed E-state index contributed by atoms with van der Waals surface area (Å²) in [6, 6.07) is 15.3. The van der Waals surface area contributed by atoms with Crippen LogP contribution >= 0.6 is 23.2 Å². The van der Waals surface area contributed by atoms with Crippen LogP contribution in [0, 0.1) is 0 Å². The smallest absolute Gasteiger partial charge is 0.0730 e. The van der Waals surface area contributed by atoms with E-state index >= 15 is 0 Å². The predicted octanol–water partition coefficient (Wildman–Crippen LogP) is 4.61. The number of aromatic nitrogens is 1. The summed E-state index contributed by atoms with van der Waals surface area (Å²) < 4.78 is 0. The van der Waals surface area contributed by atoms with Crippen LogP contribution in [0.3, 0.4) is 0 Å². The van der Waals surface area contributed by atoms with Gasteiger partial charge in [0.25, 0.3) is 0 Å². The van der Waals surface area contributed by atoms with E-state index in [1.54, 1.807) is 12.1 Å². The molecule has 112 valence electrons. The van der Waals surface area contributed by atoms with Gasteiger partial charge in [0, 0.05) is 23.2 Å². The van der Waals surface area contributed by atoms with Crippen molar-refractivity contribution in [2.45, 2.75) is 0 Å². The first-order chi connectivity index (χ1) is 10.7. The summed E-state index contributed by atoms with van der Waals surface area (Å²) in [5.74, 6) is 0. The third-order valence-corrected chi connectivity index (χ3v) is 4.10. The zero-order chi connectivity index (χ0) is 15.5. The topological polar surface area (TPSA) is 45.1 Å². The number of para-hydroxylation sites is 1. The van der Waals surface area contributed by atoms with Gasteiger partial charge < -0.3 is 10.4 Å². The fraction of sp³-hybridized carbons (Fsp3) is 0.118. The molecule has 0 saturated carbocycles. The van der Waals surface area contributed by atoms with Crippen molar-refractivity contribution in [3.63, 3.8) is 0 Å². The zero-order valence-electron chi connectivity index (χ0n) is 11.7. The number of aliphatic hydroxyl groups is 1. The molecule has 0 saturated heterocycles. The van der Waals surface area contributed by atoms with Crippen molar-refractivity contribution in [1.29, 1.82) is 0 Å². The molecule has 3 nitrogen and oxygen atoms in total. The number of pyridine rings is 1. The summed E-state index contributed by atoms with van der Waals surface area (Å²) in [7, 11) is 0. The molecule has 0 aliphatic heterocycles. The minimum atomic E-state index is 0.0682. The van der Waals surface area contributed by atoms with Crippen LogP contribution in [0.1, 0.15) is 0 Å². The van der Waals surface area contributed by atoms with Crippen LogP contribution in [0.25, 0.3) is 22.2 Å². The van der Waals surface area contributed by atoms with Crippen LogP contribution in [0.15, 0.2) is 48.5 Å². The van der Waals surface area contributed by atoms with E-state index in [9.17, 15) is 0 Å². The molecular weight excluding hydrogens is 319 g/mol. The summed E-state index contributed by atoms with van der Waals surface area (Å²) >= 11 is 12.1. The molecule has 2 N–H and O–H groups in total. The Hall–Kier alpha value is -1.81. The largest absolute Gasteiger partial charge is 0.395 e. The van der Waals surface area contributed by atoms with E-state index in [2.05, 4.69) is 10.3 Å². The van der Waals surface area contributed by atoms with E-state index in [0.29, 0.717) is 16.6 Å². The van der Waals surface area contributed by atoms with Gasteiger partial charge in [0.05, 0.1) is 27.9 Å². The van der Waals surface area contributed by atoms with Crippen molar-refractivity contribution in [2.24, 2.45) is 0 Å². The highest BCUT2D eigenvalue weighted by Crippen LogP contribution is 2.31. The molecule has 1 aromatic heterocycles. The Balaban J connectivity index is 2.15. The second-order valence-electron chi connectivity index (χ2n) is 4.85. The normalized spacial score (nSPS) is 10.9. The third-order valence-electron chi connectivity index (χ3n) is 3.36. The Labute approximate surface area is 138 Å². The van der Waals surface area contributed by atoms with Crippen LogP contribution in [0.4, 0.5) is 5.69 Å². The summed E-state index contributed by atoms with van der Waals surface area (Å²) in [4.78, 5) is 4.68. The maximum absolute atomic E-state index is 9.04. The molecule has 0 spiro atoms. The van der Waals surface area contributed by atoms with Crippen molar-refractivity contribution in [1.82, 2.24) is 4.98 Å². The molecule has 0 atom stereocenters. The van der Waals surface area contributed by atoms with Crippen LogP contribution < -0.4 is 5.32 Å². The first-order valence-corrected chi connectivity index (χ1v) is 7.64. The van der Waals surface area contributed by atoms with E-state index in [1.165, 1.54) is 0 Å². The molecule has 0 aliphatic carbocycles.